The molecule has 1 aromatic heterocycles. The molecule has 18 heavy (non-hydrogen) atoms. The van der Waals surface area contributed by atoms with Crippen molar-refractivity contribution in [3.05, 3.63) is 53.9 Å². The highest BCUT2D eigenvalue weighted by Crippen LogP contribution is 2.36. The summed E-state index contributed by atoms with van der Waals surface area (Å²) in [5, 5.41) is 3.17. The molecule has 3 nitrogen and oxygen atoms in total. The predicted molar refractivity (Wildman–Crippen MR) is 71.1 cm³/mol. The number of ether oxygens (including phenoxy) is 1. The molecule has 0 aliphatic carbocycles. The molecule has 0 saturated carbocycles. The van der Waals surface area contributed by atoms with E-state index in [1.807, 2.05) is 31.6 Å². The summed E-state index contributed by atoms with van der Waals surface area (Å²) in [6.07, 6.45) is 3.83. The van der Waals surface area contributed by atoms with E-state index in [-0.39, 0.29) is 6.10 Å². The number of fused-ring (bicyclic) bond motifs is 1. The number of hydrogen-bond donors (Lipinski definition) is 1. The molecule has 1 aliphatic rings. The molecular formula is C15H16N2O. The van der Waals surface area contributed by atoms with Crippen LogP contribution in [0, 0.1) is 0 Å². The average molecular weight is 240 g/mol. The minimum Gasteiger partial charge on any atom is -0.367 e. The van der Waals surface area contributed by atoms with E-state index in [4.69, 9.17) is 4.74 Å². The number of benzene rings is 1. The van der Waals surface area contributed by atoms with Crippen LogP contribution in [0.4, 0.5) is 0 Å². The van der Waals surface area contributed by atoms with Crippen molar-refractivity contribution in [3.63, 3.8) is 0 Å². The first-order valence-electron chi connectivity index (χ1n) is 6.18. The Hall–Kier alpha value is -1.71. The number of pyridine rings is 1. The molecule has 92 valence electrons. The van der Waals surface area contributed by atoms with Crippen molar-refractivity contribution in [2.45, 2.75) is 12.7 Å². The van der Waals surface area contributed by atoms with Crippen LogP contribution in [-0.2, 0) is 11.3 Å². The third-order valence-electron chi connectivity index (χ3n) is 3.37. The van der Waals surface area contributed by atoms with Gasteiger partial charge < -0.3 is 10.1 Å². The molecule has 2 heterocycles. The average Bonchev–Trinajstić information content (AvgIpc) is 2.84. The van der Waals surface area contributed by atoms with Crippen LogP contribution in [-0.4, -0.2) is 18.6 Å². The zero-order chi connectivity index (χ0) is 12.4. The second-order valence-corrected chi connectivity index (χ2v) is 4.47. The van der Waals surface area contributed by atoms with E-state index < -0.39 is 0 Å². The van der Waals surface area contributed by atoms with Gasteiger partial charge in [0.25, 0.3) is 0 Å². The maximum Gasteiger partial charge on any atom is 0.0957 e. The summed E-state index contributed by atoms with van der Waals surface area (Å²) >= 11 is 0. The van der Waals surface area contributed by atoms with Gasteiger partial charge in [0.1, 0.15) is 0 Å². The highest BCUT2D eigenvalue weighted by molar-refractivity contribution is 5.69. The van der Waals surface area contributed by atoms with E-state index in [0.717, 1.165) is 6.54 Å². The van der Waals surface area contributed by atoms with Crippen LogP contribution in [0.1, 0.15) is 17.2 Å². The van der Waals surface area contributed by atoms with Gasteiger partial charge in [-0.05, 0) is 41.4 Å². The van der Waals surface area contributed by atoms with Crippen LogP contribution in [0.2, 0.25) is 0 Å². The van der Waals surface area contributed by atoms with Gasteiger partial charge in [-0.3, -0.25) is 4.98 Å². The normalized spacial score (nSPS) is 17.7. The van der Waals surface area contributed by atoms with Gasteiger partial charge in [0.15, 0.2) is 0 Å². The molecule has 0 bridgehead atoms. The molecule has 0 unspecified atom stereocenters. The molecule has 0 spiro atoms. The summed E-state index contributed by atoms with van der Waals surface area (Å²) < 4.78 is 5.85. The molecule has 0 radical (unpaired) electrons. The lowest BCUT2D eigenvalue weighted by atomic mass is 9.95. The lowest BCUT2D eigenvalue weighted by Crippen LogP contribution is -2.16. The van der Waals surface area contributed by atoms with Crippen LogP contribution in [0.5, 0.6) is 0 Å². The van der Waals surface area contributed by atoms with E-state index in [9.17, 15) is 0 Å². The van der Waals surface area contributed by atoms with Crippen molar-refractivity contribution in [2.24, 2.45) is 0 Å². The molecule has 0 fully saturated rings. The first kappa shape index (κ1) is 11.4. The molecule has 1 atom stereocenters. The molecule has 1 aromatic carbocycles. The zero-order valence-electron chi connectivity index (χ0n) is 10.4. The maximum absolute atomic E-state index is 5.85. The number of nitrogens with one attached hydrogen (secondary N) is 1. The summed E-state index contributed by atoms with van der Waals surface area (Å²) in [5.41, 5.74) is 5.08. The quantitative estimate of drug-likeness (QED) is 0.895. The van der Waals surface area contributed by atoms with Crippen LogP contribution >= 0.6 is 0 Å². The largest absolute Gasteiger partial charge is 0.367 e. The Morgan fingerprint density at radius 2 is 2.11 bits per heavy atom. The predicted octanol–water partition coefficient (Wildman–Crippen LogP) is 2.54. The number of likely N-dealkylation sites (N-methyl/N-ethyl adjacent to an activating group) is 1. The summed E-state index contributed by atoms with van der Waals surface area (Å²) in [4.78, 5) is 4.07. The second-order valence-electron chi connectivity index (χ2n) is 4.47. The summed E-state index contributed by atoms with van der Waals surface area (Å²) in [7, 11) is 1.95. The van der Waals surface area contributed by atoms with Crippen molar-refractivity contribution in [1.29, 1.82) is 0 Å². The van der Waals surface area contributed by atoms with Crippen LogP contribution in [0.25, 0.3) is 11.1 Å². The third kappa shape index (κ3) is 1.92. The Kier molecular flexibility index (Phi) is 3.09. The van der Waals surface area contributed by atoms with Crippen molar-refractivity contribution < 1.29 is 4.74 Å². The fourth-order valence-corrected chi connectivity index (χ4v) is 2.50. The third-order valence-corrected chi connectivity index (χ3v) is 3.37. The molecule has 1 aliphatic heterocycles. The van der Waals surface area contributed by atoms with Gasteiger partial charge in [-0.15, -0.1) is 0 Å². The second kappa shape index (κ2) is 4.88. The lowest BCUT2D eigenvalue weighted by molar-refractivity contribution is 0.0675. The van der Waals surface area contributed by atoms with E-state index in [0.29, 0.717) is 6.61 Å². The monoisotopic (exact) mass is 240 g/mol. The van der Waals surface area contributed by atoms with Crippen molar-refractivity contribution >= 4 is 0 Å². The van der Waals surface area contributed by atoms with E-state index >= 15 is 0 Å². The van der Waals surface area contributed by atoms with Gasteiger partial charge in [0, 0.05) is 18.9 Å². The highest BCUT2D eigenvalue weighted by Gasteiger charge is 2.24. The van der Waals surface area contributed by atoms with Crippen molar-refractivity contribution in [1.82, 2.24) is 10.3 Å². The molecule has 0 amide bonds. The van der Waals surface area contributed by atoms with Crippen molar-refractivity contribution in [3.8, 4) is 11.1 Å². The minimum absolute atomic E-state index is 0.173. The standard InChI is InChI=1S/C15H16N2O/c1-16-9-15-13-4-2-3-12(14(13)10-18-15)11-5-7-17-8-6-11/h2-8,15-16H,9-10H2,1H3/t15-/m1/s1. The van der Waals surface area contributed by atoms with E-state index in [1.54, 1.807) is 0 Å². The van der Waals surface area contributed by atoms with Crippen molar-refractivity contribution in [2.75, 3.05) is 13.6 Å². The first-order chi connectivity index (χ1) is 8.90. The van der Waals surface area contributed by atoms with Gasteiger partial charge in [0.2, 0.25) is 0 Å². The Bertz CT molecular complexity index is 539. The molecule has 0 saturated heterocycles. The Labute approximate surface area is 107 Å². The van der Waals surface area contributed by atoms with Gasteiger partial charge in [0.05, 0.1) is 12.7 Å². The van der Waals surface area contributed by atoms with Gasteiger partial charge in [-0.2, -0.15) is 0 Å². The molecule has 1 N–H and O–H groups in total. The summed E-state index contributed by atoms with van der Waals surface area (Å²) in [5.74, 6) is 0. The molecule has 3 rings (SSSR count). The van der Waals surface area contributed by atoms with Gasteiger partial charge in [-0.1, -0.05) is 18.2 Å². The lowest BCUT2D eigenvalue weighted by Gasteiger charge is -2.11. The fraction of sp³-hybridized carbons (Fsp3) is 0.267. The number of nitrogens with zero attached hydrogens (tertiary/aromatic N) is 1. The first-order valence-corrected chi connectivity index (χ1v) is 6.18. The molecule has 3 heteroatoms. The Morgan fingerprint density at radius 1 is 1.28 bits per heavy atom. The Morgan fingerprint density at radius 3 is 2.89 bits per heavy atom. The summed E-state index contributed by atoms with van der Waals surface area (Å²) in [6.45, 7) is 1.55. The molecule has 2 aromatic rings. The minimum atomic E-state index is 0.173. The fourth-order valence-electron chi connectivity index (χ4n) is 2.50. The van der Waals surface area contributed by atoms with Gasteiger partial charge in [-0.25, -0.2) is 0 Å². The summed E-state index contributed by atoms with van der Waals surface area (Å²) in [6, 6.07) is 10.5. The SMILES string of the molecule is CNC[C@H]1OCc2c(-c3ccncc3)cccc21. The van der Waals surface area contributed by atoms with Crippen LogP contribution < -0.4 is 5.32 Å². The smallest absolute Gasteiger partial charge is 0.0957 e. The van der Waals surface area contributed by atoms with E-state index in [1.165, 1.54) is 22.3 Å². The maximum atomic E-state index is 5.85. The number of hydrogen-bond acceptors (Lipinski definition) is 3. The Balaban J connectivity index is 2.04. The topological polar surface area (TPSA) is 34.1 Å². The number of aromatic nitrogens is 1. The van der Waals surface area contributed by atoms with Crippen LogP contribution in [0.15, 0.2) is 42.7 Å². The van der Waals surface area contributed by atoms with E-state index in [2.05, 4.69) is 28.5 Å². The van der Waals surface area contributed by atoms with Gasteiger partial charge >= 0.3 is 0 Å². The highest BCUT2D eigenvalue weighted by atomic mass is 16.5. The number of rotatable bonds is 3. The molecular weight excluding hydrogens is 224 g/mol. The zero-order valence-corrected chi connectivity index (χ0v) is 10.4. The van der Waals surface area contributed by atoms with Crippen LogP contribution in [0.3, 0.4) is 0 Å².